The summed E-state index contributed by atoms with van der Waals surface area (Å²) < 4.78 is 28.7. The largest absolute Gasteiger partial charge is 0.482 e. The minimum absolute atomic E-state index is 0.280. The number of benzene rings is 2. The van der Waals surface area contributed by atoms with Crippen molar-refractivity contribution in [3.8, 4) is 23.1 Å². The van der Waals surface area contributed by atoms with Crippen molar-refractivity contribution < 1.29 is 23.4 Å². The molecular formula is C19H14FNO4. The number of rotatable bonds is 6. The van der Waals surface area contributed by atoms with Crippen LogP contribution in [0.5, 0.6) is 23.1 Å². The molecule has 0 atom stereocenters. The van der Waals surface area contributed by atoms with Crippen LogP contribution < -0.4 is 14.2 Å². The summed E-state index contributed by atoms with van der Waals surface area (Å²) in [5, 5.41) is 0. The van der Waals surface area contributed by atoms with Gasteiger partial charge >= 0.3 is 5.97 Å². The Labute approximate surface area is 143 Å². The van der Waals surface area contributed by atoms with Crippen molar-refractivity contribution in [3.63, 3.8) is 0 Å². The van der Waals surface area contributed by atoms with Crippen molar-refractivity contribution in [1.29, 1.82) is 0 Å². The third kappa shape index (κ3) is 5.04. The molecule has 6 heteroatoms. The highest BCUT2D eigenvalue weighted by Gasteiger charge is 2.07. The predicted octanol–water partition coefficient (Wildman–Crippen LogP) is 4.00. The van der Waals surface area contributed by atoms with Gasteiger partial charge in [-0.2, -0.15) is 0 Å². The molecule has 0 unspecified atom stereocenters. The van der Waals surface area contributed by atoms with Crippen LogP contribution in [0.4, 0.5) is 4.39 Å². The number of ether oxygens (including phenoxy) is 3. The second-order valence-electron chi connectivity index (χ2n) is 4.96. The van der Waals surface area contributed by atoms with Gasteiger partial charge in [-0.25, -0.2) is 14.2 Å². The van der Waals surface area contributed by atoms with Gasteiger partial charge in [-0.1, -0.05) is 6.07 Å². The molecule has 0 aliphatic heterocycles. The number of hydrogen-bond donors (Lipinski definition) is 0. The van der Waals surface area contributed by atoms with Gasteiger partial charge in [0.2, 0.25) is 5.88 Å². The van der Waals surface area contributed by atoms with Crippen molar-refractivity contribution in [2.75, 3.05) is 6.61 Å². The fraction of sp³-hybridized carbons (Fsp3) is 0.0526. The molecular weight excluding hydrogens is 325 g/mol. The van der Waals surface area contributed by atoms with E-state index in [0.29, 0.717) is 23.1 Å². The Bertz CT molecular complexity index is 820. The van der Waals surface area contributed by atoms with Gasteiger partial charge in [0, 0.05) is 12.3 Å². The number of pyridine rings is 1. The Morgan fingerprint density at radius 3 is 2.24 bits per heavy atom. The number of carbonyl (C=O) groups excluding carboxylic acids is 1. The van der Waals surface area contributed by atoms with Crippen LogP contribution >= 0.6 is 0 Å². The third-order valence-electron chi connectivity index (χ3n) is 3.09. The molecule has 0 N–H and O–H groups in total. The molecule has 0 amide bonds. The lowest BCUT2D eigenvalue weighted by Crippen LogP contribution is -2.17. The first-order valence-electron chi connectivity index (χ1n) is 7.47. The summed E-state index contributed by atoms with van der Waals surface area (Å²) in [4.78, 5) is 15.8. The molecule has 0 aliphatic carbocycles. The standard InChI is InChI=1S/C19H14FNO4/c20-14-4-6-15(7-5-14)23-13-19(22)25-17-10-8-16(9-11-17)24-18-3-1-2-12-21-18/h1-12H,13H2. The maximum atomic E-state index is 12.8. The van der Waals surface area contributed by atoms with Crippen molar-refractivity contribution in [2.24, 2.45) is 0 Å². The van der Waals surface area contributed by atoms with E-state index < -0.39 is 5.97 Å². The van der Waals surface area contributed by atoms with E-state index in [2.05, 4.69) is 4.98 Å². The van der Waals surface area contributed by atoms with Gasteiger partial charge in [-0.05, 0) is 54.6 Å². The maximum absolute atomic E-state index is 12.8. The van der Waals surface area contributed by atoms with Gasteiger partial charge in [0.25, 0.3) is 0 Å². The van der Waals surface area contributed by atoms with Gasteiger partial charge in [-0.15, -0.1) is 0 Å². The van der Waals surface area contributed by atoms with Crippen LogP contribution in [0.2, 0.25) is 0 Å². The summed E-state index contributed by atoms with van der Waals surface area (Å²) in [6.45, 7) is -0.280. The van der Waals surface area contributed by atoms with Crippen LogP contribution in [0.1, 0.15) is 0 Å². The average Bonchev–Trinajstić information content (AvgIpc) is 2.64. The SMILES string of the molecule is O=C(COc1ccc(F)cc1)Oc1ccc(Oc2ccccn2)cc1. The van der Waals surface area contributed by atoms with E-state index in [1.807, 2.05) is 6.07 Å². The highest BCUT2D eigenvalue weighted by molar-refractivity contribution is 5.74. The van der Waals surface area contributed by atoms with E-state index in [4.69, 9.17) is 14.2 Å². The normalized spacial score (nSPS) is 10.1. The zero-order valence-electron chi connectivity index (χ0n) is 13.1. The molecule has 3 aromatic rings. The van der Waals surface area contributed by atoms with Crippen molar-refractivity contribution >= 4 is 5.97 Å². The van der Waals surface area contributed by atoms with Gasteiger partial charge in [0.15, 0.2) is 6.61 Å². The third-order valence-corrected chi connectivity index (χ3v) is 3.09. The number of carbonyl (C=O) groups is 1. The Morgan fingerprint density at radius 1 is 0.880 bits per heavy atom. The number of esters is 1. The van der Waals surface area contributed by atoms with E-state index in [0.717, 1.165) is 0 Å². The van der Waals surface area contributed by atoms with E-state index in [1.54, 1.807) is 42.6 Å². The van der Waals surface area contributed by atoms with Crippen LogP contribution in [0, 0.1) is 5.82 Å². The number of hydrogen-bond acceptors (Lipinski definition) is 5. The van der Waals surface area contributed by atoms with E-state index >= 15 is 0 Å². The fourth-order valence-electron chi connectivity index (χ4n) is 1.94. The van der Waals surface area contributed by atoms with Crippen LogP contribution in [0.25, 0.3) is 0 Å². The first-order valence-corrected chi connectivity index (χ1v) is 7.47. The van der Waals surface area contributed by atoms with Gasteiger partial charge in [0.05, 0.1) is 0 Å². The topological polar surface area (TPSA) is 57.7 Å². The molecule has 126 valence electrons. The quantitative estimate of drug-likeness (QED) is 0.502. The van der Waals surface area contributed by atoms with E-state index in [-0.39, 0.29) is 12.4 Å². The lowest BCUT2D eigenvalue weighted by molar-refractivity contribution is -0.136. The molecule has 2 aromatic carbocycles. The Hall–Kier alpha value is -3.41. The van der Waals surface area contributed by atoms with E-state index in [9.17, 15) is 9.18 Å². The summed E-state index contributed by atoms with van der Waals surface area (Å²) in [6.07, 6.45) is 1.63. The number of halogens is 1. The minimum atomic E-state index is -0.567. The summed E-state index contributed by atoms with van der Waals surface area (Å²) in [5.74, 6) is 0.852. The molecule has 0 saturated carbocycles. The molecule has 25 heavy (non-hydrogen) atoms. The smallest absolute Gasteiger partial charge is 0.349 e. The monoisotopic (exact) mass is 339 g/mol. The Kier molecular flexibility index (Phi) is 5.21. The Morgan fingerprint density at radius 2 is 1.56 bits per heavy atom. The summed E-state index contributed by atoms with van der Waals surface area (Å²) in [6, 6.07) is 17.3. The molecule has 1 heterocycles. The number of aromatic nitrogens is 1. The van der Waals surface area contributed by atoms with Gasteiger partial charge in [0.1, 0.15) is 23.1 Å². The van der Waals surface area contributed by atoms with Crippen molar-refractivity contribution in [3.05, 3.63) is 78.7 Å². The second-order valence-corrected chi connectivity index (χ2v) is 4.96. The first kappa shape index (κ1) is 16.4. The minimum Gasteiger partial charge on any atom is -0.482 e. The summed E-state index contributed by atoms with van der Waals surface area (Å²) >= 11 is 0. The Balaban J connectivity index is 1.50. The van der Waals surface area contributed by atoms with Crippen LogP contribution in [-0.4, -0.2) is 17.6 Å². The first-order chi connectivity index (χ1) is 12.2. The van der Waals surface area contributed by atoms with Gasteiger partial charge < -0.3 is 14.2 Å². The van der Waals surface area contributed by atoms with Crippen LogP contribution in [-0.2, 0) is 4.79 Å². The second kappa shape index (κ2) is 7.92. The molecule has 0 saturated heterocycles. The predicted molar refractivity (Wildman–Crippen MR) is 88.3 cm³/mol. The fourth-order valence-corrected chi connectivity index (χ4v) is 1.94. The molecule has 1 aromatic heterocycles. The summed E-state index contributed by atoms with van der Waals surface area (Å²) in [7, 11) is 0. The molecule has 5 nitrogen and oxygen atoms in total. The summed E-state index contributed by atoms with van der Waals surface area (Å²) in [5.41, 5.74) is 0. The van der Waals surface area contributed by atoms with Crippen LogP contribution in [0.3, 0.4) is 0 Å². The highest BCUT2D eigenvalue weighted by Crippen LogP contribution is 2.22. The van der Waals surface area contributed by atoms with Crippen LogP contribution in [0.15, 0.2) is 72.9 Å². The molecule has 0 bridgehead atoms. The molecule has 0 aliphatic rings. The molecule has 0 fully saturated rings. The molecule has 3 rings (SSSR count). The highest BCUT2D eigenvalue weighted by atomic mass is 19.1. The zero-order chi connectivity index (χ0) is 17.5. The molecule has 0 radical (unpaired) electrons. The van der Waals surface area contributed by atoms with Crippen molar-refractivity contribution in [1.82, 2.24) is 4.98 Å². The number of nitrogens with zero attached hydrogens (tertiary/aromatic N) is 1. The lowest BCUT2D eigenvalue weighted by atomic mass is 10.3. The van der Waals surface area contributed by atoms with Crippen molar-refractivity contribution in [2.45, 2.75) is 0 Å². The maximum Gasteiger partial charge on any atom is 0.349 e. The van der Waals surface area contributed by atoms with E-state index in [1.165, 1.54) is 24.3 Å². The molecule has 0 spiro atoms. The average molecular weight is 339 g/mol. The zero-order valence-corrected chi connectivity index (χ0v) is 13.1. The lowest BCUT2D eigenvalue weighted by Gasteiger charge is -2.08. The van der Waals surface area contributed by atoms with Gasteiger partial charge in [-0.3, -0.25) is 0 Å².